The van der Waals surface area contributed by atoms with Gasteiger partial charge < -0.3 is 4.57 Å². The largest absolute Gasteiger partial charge is 0.312 e. The lowest BCUT2D eigenvalue weighted by molar-refractivity contribution is 0.310. The van der Waals surface area contributed by atoms with E-state index < -0.39 is 8.96 Å². The summed E-state index contributed by atoms with van der Waals surface area (Å²) in [5.41, 5.74) is 8.91. The van der Waals surface area contributed by atoms with Crippen LogP contribution in [-0.4, -0.2) is 19.6 Å². The van der Waals surface area contributed by atoms with Crippen LogP contribution in [0, 0.1) is 13.8 Å². The Hall–Kier alpha value is -0.863. The van der Waals surface area contributed by atoms with Crippen LogP contribution in [0.15, 0.2) is 17.7 Å². The third-order valence-electron chi connectivity index (χ3n) is 4.53. The molecule has 1 radical (unpaired) electrons. The van der Waals surface area contributed by atoms with E-state index in [2.05, 4.69) is 71.3 Å². The predicted octanol–water partition coefficient (Wildman–Crippen LogP) is 5.11. The van der Waals surface area contributed by atoms with Crippen LogP contribution in [0.4, 0.5) is 0 Å². The normalized spacial score (nSPS) is 18.6. The summed E-state index contributed by atoms with van der Waals surface area (Å²) < 4.78 is 2.74. The molecule has 1 nitrogen and oxygen atoms in total. The fourth-order valence-corrected chi connectivity index (χ4v) is 5.68. The number of nitrogens with zero attached hydrogens (tertiary/aromatic N) is 1. The summed E-state index contributed by atoms with van der Waals surface area (Å²) in [4.78, 5) is 0. The number of fused-ring (bicyclic) bond motifs is 1. The Morgan fingerprint density at radius 3 is 2.15 bits per heavy atom. The van der Waals surface area contributed by atoms with Gasteiger partial charge in [-0.2, -0.15) is 0 Å². The molecule has 0 saturated carbocycles. The van der Waals surface area contributed by atoms with Crippen molar-refractivity contribution in [2.45, 2.75) is 66.7 Å². The minimum Gasteiger partial charge on any atom is -0.312 e. The molecule has 20 heavy (non-hydrogen) atoms. The summed E-state index contributed by atoms with van der Waals surface area (Å²) in [6.07, 6.45) is 0. The van der Waals surface area contributed by atoms with E-state index in [1.54, 1.807) is 5.57 Å². The molecule has 0 aromatic heterocycles. The third kappa shape index (κ3) is 2.40. The number of benzene rings is 1. The van der Waals surface area contributed by atoms with Crippen LogP contribution in [-0.2, 0) is 0 Å². The van der Waals surface area contributed by atoms with Crippen LogP contribution in [0.25, 0.3) is 5.57 Å². The van der Waals surface area contributed by atoms with Gasteiger partial charge in [-0.15, -0.1) is 0 Å². The van der Waals surface area contributed by atoms with Gasteiger partial charge in [0.25, 0.3) is 0 Å². The Morgan fingerprint density at radius 1 is 1.05 bits per heavy atom. The molecule has 0 spiro atoms. The smallest absolute Gasteiger partial charge is 0.131 e. The highest BCUT2D eigenvalue weighted by Crippen LogP contribution is 2.46. The minimum absolute atomic E-state index is 0.479. The molecule has 1 aromatic carbocycles. The lowest BCUT2D eigenvalue weighted by Gasteiger charge is -2.37. The maximum Gasteiger partial charge on any atom is 0.131 e. The van der Waals surface area contributed by atoms with Crippen molar-refractivity contribution in [2.75, 3.05) is 0 Å². The van der Waals surface area contributed by atoms with E-state index in [1.165, 1.54) is 27.8 Å². The fourth-order valence-electron chi connectivity index (χ4n) is 3.80. The highest BCUT2D eigenvalue weighted by atomic mass is 28.3. The van der Waals surface area contributed by atoms with Gasteiger partial charge in [-0.25, -0.2) is 0 Å². The zero-order valence-corrected chi connectivity index (χ0v) is 15.3. The first-order valence-corrected chi connectivity index (χ1v) is 10.1. The molecule has 1 aliphatic carbocycles. The SMILES string of the molecule is CC1=C(C)C(N(C(C)C)[Si](C)C)c2cc(C)cc(C)c21. The second-order valence-corrected chi connectivity index (χ2v) is 9.12. The monoisotopic (exact) mass is 286 g/mol. The maximum absolute atomic E-state index is 2.74. The molecule has 2 rings (SSSR count). The van der Waals surface area contributed by atoms with Crippen molar-refractivity contribution in [1.82, 2.24) is 4.57 Å². The summed E-state index contributed by atoms with van der Waals surface area (Å²) in [7, 11) is -0.479. The number of hydrogen-bond acceptors (Lipinski definition) is 1. The second kappa shape index (κ2) is 5.49. The van der Waals surface area contributed by atoms with Crippen molar-refractivity contribution < 1.29 is 0 Å². The molecule has 0 N–H and O–H groups in total. The third-order valence-corrected chi connectivity index (χ3v) is 6.34. The predicted molar refractivity (Wildman–Crippen MR) is 91.4 cm³/mol. The first-order valence-electron chi connectivity index (χ1n) is 7.63. The molecular weight excluding hydrogens is 258 g/mol. The summed E-state index contributed by atoms with van der Waals surface area (Å²) in [5.74, 6) is 0. The van der Waals surface area contributed by atoms with Gasteiger partial charge in [-0.05, 0) is 61.6 Å². The van der Waals surface area contributed by atoms with Gasteiger partial charge in [0.1, 0.15) is 8.96 Å². The number of rotatable bonds is 3. The van der Waals surface area contributed by atoms with Crippen LogP contribution in [0.1, 0.15) is 56.0 Å². The van der Waals surface area contributed by atoms with Gasteiger partial charge in [0, 0.05) is 0 Å². The van der Waals surface area contributed by atoms with Crippen molar-refractivity contribution in [3.8, 4) is 0 Å². The Kier molecular flexibility index (Phi) is 4.26. The van der Waals surface area contributed by atoms with Gasteiger partial charge in [-0.1, -0.05) is 44.6 Å². The van der Waals surface area contributed by atoms with Gasteiger partial charge in [0.05, 0.1) is 6.04 Å². The van der Waals surface area contributed by atoms with Crippen molar-refractivity contribution in [3.63, 3.8) is 0 Å². The van der Waals surface area contributed by atoms with Crippen LogP contribution in [0.5, 0.6) is 0 Å². The molecule has 1 aliphatic rings. The Labute approximate surface area is 126 Å². The van der Waals surface area contributed by atoms with Crippen LogP contribution in [0.2, 0.25) is 13.1 Å². The highest BCUT2D eigenvalue weighted by Gasteiger charge is 2.35. The van der Waals surface area contributed by atoms with E-state index in [1.807, 2.05) is 0 Å². The van der Waals surface area contributed by atoms with E-state index >= 15 is 0 Å². The average molecular weight is 287 g/mol. The molecule has 0 bridgehead atoms. The Balaban J connectivity index is 2.64. The quantitative estimate of drug-likeness (QED) is 0.698. The van der Waals surface area contributed by atoms with E-state index in [0.717, 1.165) is 0 Å². The van der Waals surface area contributed by atoms with E-state index in [4.69, 9.17) is 0 Å². The van der Waals surface area contributed by atoms with Gasteiger partial charge in [0.2, 0.25) is 0 Å². The zero-order chi connectivity index (χ0) is 15.2. The molecule has 109 valence electrons. The molecular formula is C18H28NSi. The minimum atomic E-state index is -0.479. The second-order valence-electron chi connectivity index (χ2n) is 6.70. The first-order chi connectivity index (χ1) is 9.25. The number of aryl methyl sites for hydroxylation is 2. The zero-order valence-electron chi connectivity index (χ0n) is 14.3. The van der Waals surface area contributed by atoms with Crippen LogP contribution < -0.4 is 0 Å². The molecule has 1 atom stereocenters. The fraction of sp³-hybridized carbons (Fsp3) is 0.556. The van der Waals surface area contributed by atoms with E-state index in [-0.39, 0.29) is 0 Å². The van der Waals surface area contributed by atoms with Crippen molar-refractivity contribution in [2.24, 2.45) is 0 Å². The number of hydrogen-bond donors (Lipinski definition) is 0. The number of allylic oxidation sites excluding steroid dienone is 1. The summed E-state index contributed by atoms with van der Waals surface area (Å²) in [5, 5.41) is 0. The molecule has 0 saturated heterocycles. The molecule has 1 unspecified atom stereocenters. The Bertz CT molecular complexity index is 547. The first kappa shape index (κ1) is 15.5. The lowest BCUT2D eigenvalue weighted by atomic mass is 9.96. The van der Waals surface area contributed by atoms with Gasteiger partial charge in [0.15, 0.2) is 0 Å². The topological polar surface area (TPSA) is 3.24 Å². The molecule has 1 aromatic rings. The lowest BCUT2D eigenvalue weighted by Crippen LogP contribution is -2.43. The standard InChI is InChI=1S/C18H28NSi/c1-11(2)19(20(7)8)18-15(6)14(5)17-13(4)9-12(3)10-16(17)18/h9-11,18H,1-8H3. The Morgan fingerprint density at radius 2 is 1.65 bits per heavy atom. The van der Waals surface area contributed by atoms with Crippen LogP contribution >= 0.6 is 0 Å². The van der Waals surface area contributed by atoms with Crippen molar-refractivity contribution in [1.29, 1.82) is 0 Å². The molecule has 0 heterocycles. The van der Waals surface area contributed by atoms with Crippen molar-refractivity contribution >= 4 is 14.5 Å². The maximum atomic E-state index is 2.74. The van der Waals surface area contributed by atoms with E-state index in [0.29, 0.717) is 12.1 Å². The summed E-state index contributed by atoms with van der Waals surface area (Å²) in [6, 6.07) is 5.82. The van der Waals surface area contributed by atoms with E-state index in [9.17, 15) is 0 Å². The molecule has 0 fully saturated rings. The molecule has 0 amide bonds. The average Bonchev–Trinajstić information content (AvgIpc) is 2.53. The van der Waals surface area contributed by atoms with Crippen molar-refractivity contribution in [3.05, 3.63) is 40.0 Å². The summed E-state index contributed by atoms with van der Waals surface area (Å²) >= 11 is 0. The molecule has 2 heteroatoms. The highest BCUT2D eigenvalue weighted by molar-refractivity contribution is 6.52. The van der Waals surface area contributed by atoms with Gasteiger partial charge in [-0.3, -0.25) is 0 Å². The van der Waals surface area contributed by atoms with Crippen LogP contribution in [0.3, 0.4) is 0 Å². The summed E-state index contributed by atoms with van der Waals surface area (Å²) in [6.45, 7) is 18.6. The molecule has 0 aliphatic heterocycles. The van der Waals surface area contributed by atoms with Gasteiger partial charge >= 0.3 is 0 Å².